The summed E-state index contributed by atoms with van der Waals surface area (Å²) in [5, 5.41) is 8.94. The molecule has 0 saturated carbocycles. The number of hydrogen-bond acceptors (Lipinski definition) is 4. The van der Waals surface area contributed by atoms with Crippen molar-refractivity contribution in [3.05, 3.63) is 46.7 Å². The molecule has 5 nitrogen and oxygen atoms in total. The zero-order valence-electron chi connectivity index (χ0n) is 16.7. The summed E-state index contributed by atoms with van der Waals surface area (Å²) in [6.45, 7) is 6.82. The molecule has 7 heteroatoms. The summed E-state index contributed by atoms with van der Waals surface area (Å²) in [7, 11) is 1.74. The van der Waals surface area contributed by atoms with Gasteiger partial charge in [-0.1, -0.05) is 18.2 Å². The molecule has 0 bridgehead atoms. The number of benzene rings is 1. The van der Waals surface area contributed by atoms with Crippen LogP contribution in [0, 0.1) is 5.92 Å². The number of thiophene rings is 1. The first-order valence-electron chi connectivity index (χ1n) is 9.72. The molecule has 1 aromatic heterocycles. The Bertz CT molecular complexity index is 723. The van der Waals surface area contributed by atoms with E-state index in [1.165, 1.54) is 10.6 Å². The molecule has 0 amide bonds. The number of ether oxygens (including phenoxy) is 1. The van der Waals surface area contributed by atoms with Crippen LogP contribution in [0.1, 0.15) is 18.2 Å². The number of nitrogens with zero attached hydrogens (tertiary/aromatic N) is 2. The maximum absolute atomic E-state index is 5.51. The molecule has 2 aromatic rings. The Morgan fingerprint density at radius 2 is 2.11 bits per heavy atom. The van der Waals surface area contributed by atoms with E-state index in [0.29, 0.717) is 5.92 Å². The Kier molecular flexibility index (Phi) is 9.91. The van der Waals surface area contributed by atoms with Crippen LogP contribution in [0.3, 0.4) is 0 Å². The lowest BCUT2D eigenvalue weighted by molar-refractivity contribution is 0.414. The normalized spacial score (nSPS) is 16.6. The monoisotopic (exact) mass is 514 g/mol. The van der Waals surface area contributed by atoms with Crippen molar-refractivity contribution < 1.29 is 4.74 Å². The van der Waals surface area contributed by atoms with Crippen LogP contribution in [0.5, 0.6) is 5.75 Å². The van der Waals surface area contributed by atoms with Gasteiger partial charge in [-0.3, -0.25) is 4.99 Å². The number of guanidine groups is 1. The van der Waals surface area contributed by atoms with E-state index in [-0.39, 0.29) is 24.0 Å². The molecule has 0 aliphatic carbocycles. The van der Waals surface area contributed by atoms with Crippen molar-refractivity contribution in [2.75, 3.05) is 44.7 Å². The van der Waals surface area contributed by atoms with Crippen LogP contribution in [0.4, 0.5) is 5.69 Å². The third-order valence-electron chi connectivity index (χ3n) is 4.81. The van der Waals surface area contributed by atoms with E-state index in [4.69, 9.17) is 9.73 Å². The number of nitrogens with one attached hydrogen (secondary N) is 2. The molecule has 3 rings (SSSR count). The highest BCUT2D eigenvalue weighted by Crippen LogP contribution is 2.31. The van der Waals surface area contributed by atoms with Crippen LogP contribution in [-0.2, 0) is 6.42 Å². The van der Waals surface area contributed by atoms with Crippen LogP contribution < -0.4 is 20.3 Å². The second-order valence-corrected chi connectivity index (χ2v) is 7.78. The minimum absolute atomic E-state index is 0. The van der Waals surface area contributed by atoms with Gasteiger partial charge in [0.2, 0.25) is 0 Å². The van der Waals surface area contributed by atoms with Gasteiger partial charge in [0.25, 0.3) is 0 Å². The number of aliphatic imine (C=N–C) groups is 1. The summed E-state index contributed by atoms with van der Waals surface area (Å²) in [5.41, 5.74) is 1.19. The van der Waals surface area contributed by atoms with Crippen molar-refractivity contribution in [1.29, 1.82) is 0 Å². The SMILES string of the molecule is CCNC(=NCC1CCN(c2ccccc2OC)C1)NCCc1cccs1.I. The molecule has 154 valence electrons. The van der Waals surface area contributed by atoms with Crippen molar-refractivity contribution in [1.82, 2.24) is 10.6 Å². The van der Waals surface area contributed by atoms with Crippen LogP contribution in [0.2, 0.25) is 0 Å². The van der Waals surface area contributed by atoms with Gasteiger partial charge in [-0.15, -0.1) is 35.3 Å². The molecule has 1 aliphatic rings. The highest BCUT2D eigenvalue weighted by molar-refractivity contribution is 14.0. The molecule has 2 N–H and O–H groups in total. The van der Waals surface area contributed by atoms with Crippen molar-refractivity contribution in [3.63, 3.8) is 0 Å². The summed E-state index contributed by atoms with van der Waals surface area (Å²) < 4.78 is 5.51. The van der Waals surface area contributed by atoms with E-state index in [1.807, 2.05) is 12.1 Å². The van der Waals surface area contributed by atoms with Crippen molar-refractivity contribution in [2.24, 2.45) is 10.9 Å². The quantitative estimate of drug-likeness (QED) is 0.318. The highest BCUT2D eigenvalue weighted by atomic mass is 127. The zero-order valence-corrected chi connectivity index (χ0v) is 19.8. The molecular weight excluding hydrogens is 483 g/mol. The smallest absolute Gasteiger partial charge is 0.191 e. The zero-order chi connectivity index (χ0) is 18.9. The minimum atomic E-state index is 0. The number of anilines is 1. The van der Waals surface area contributed by atoms with Gasteiger partial charge in [0, 0.05) is 37.6 Å². The van der Waals surface area contributed by atoms with E-state index in [1.54, 1.807) is 18.4 Å². The summed E-state index contributed by atoms with van der Waals surface area (Å²) in [5.74, 6) is 2.44. The average molecular weight is 514 g/mol. The molecule has 2 heterocycles. The molecule has 1 unspecified atom stereocenters. The Morgan fingerprint density at radius 3 is 2.86 bits per heavy atom. The summed E-state index contributed by atoms with van der Waals surface area (Å²) in [4.78, 5) is 8.64. The fraction of sp³-hybridized carbons (Fsp3) is 0.476. The van der Waals surface area contributed by atoms with Gasteiger partial charge in [-0.05, 0) is 49.3 Å². The van der Waals surface area contributed by atoms with E-state index in [9.17, 15) is 0 Å². The van der Waals surface area contributed by atoms with Gasteiger partial charge in [0.05, 0.1) is 12.8 Å². The van der Waals surface area contributed by atoms with Gasteiger partial charge in [-0.25, -0.2) is 0 Å². The Labute approximate surface area is 189 Å². The Balaban J connectivity index is 0.00000280. The fourth-order valence-electron chi connectivity index (χ4n) is 3.41. The van der Waals surface area contributed by atoms with Crippen LogP contribution in [-0.4, -0.2) is 45.8 Å². The second kappa shape index (κ2) is 12.2. The topological polar surface area (TPSA) is 48.9 Å². The molecule has 1 saturated heterocycles. The van der Waals surface area contributed by atoms with Crippen LogP contribution in [0.15, 0.2) is 46.8 Å². The van der Waals surface area contributed by atoms with Gasteiger partial charge in [-0.2, -0.15) is 0 Å². The van der Waals surface area contributed by atoms with E-state index < -0.39 is 0 Å². The molecule has 1 fully saturated rings. The molecule has 28 heavy (non-hydrogen) atoms. The third kappa shape index (κ3) is 6.55. The number of hydrogen-bond donors (Lipinski definition) is 2. The largest absolute Gasteiger partial charge is 0.495 e. The highest BCUT2D eigenvalue weighted by Gasteiger charge is 2.24. The maximum atomic E-state index is 5.51. The molecule has 1 atom stereocenters. The second-order valence-electron chi connectivity index (χ2n) is 6.75. The lowest BCUT2D eigenvalue weighted by Crippen LogP contribution is -2.38. The van der Waals surface area contributed by atoms with Crippen LogP contribution >= 0.6 is 35.3 Å². The summed E-state index contributed by atoms with van der Waals surface area (Å²) in [6, 6.07) is 12.5. The minimum Gasteiger partial charge on any atom is -0.495 e. The molecule has 0 spiro atoms. The van der Waals surface area contributed by atoms with Gasteiger partial charge in [0.15, 0.2) is 5.96 Å². The van der Waals surface area contributed by atoms with Crippen molar-refractivity contribution in [2.45, 2.75) is 19.8 Å². The number of para-hydroxylation sites is 2. The summed E-state index contributed by atoms with van der Waals surface area (Å²) >= 11 is 1.81. The lowest BCUT2D eigenvalue weighted by atomic mass is 10.1. The van der Waals surface area contributed by atoms with Gasteiger partial charge in [0.1, 0.15) is 5.75 Å². The van der Waals surface area contributed by atoms with Gasteiger partial charge < -0.3 is 20.3 Å². The maximum Gasteiger partial charge on any atom is 0.191 e. The van der Waals surface area contributed by atoms with Gasteiger partial charge >= 0.3 is 0 Å². The molecule has 1 aromatic carbocycles. The van der Waals surface area contributed by atoms with E-state index in [2.05, 4.69) is 52.1 Å². The third-order valence-corrected chi connectivity index (χ3v) is 5.74. The standard InChI is InChI=1S/C21H30N4OS.HI/c1-3-22-21(23-12-10-18-7-6-14-27-18)24-15-17-11-13-25(16-17)19-8-4-5-9-20(19)26-2;/h4-9,14,17H,3,10-13,15-16H2,1-2H3,(H2,22,23,24);1H. The first-order valence-corrected chi connectivity index (χ1v) is 10.6. The molecule has 0 radical (unpaired) electrons. The number of halogens is 1. The fourth-order valence-corrected chi connectivity index (χ4v) is 4.12. The lowest BCUT2D eigenvalue weighted by Gasteiger charge is -2.21. The Morgan fingerprint density at radius 1 is 1.25 bits per heavy atom. The first-order chi connectivity index (χ1) is 13.3. The number of rotatable bonds is 8. The van der Waals surface area contributed by atoms with Crippen molar-refractivity contribution in [3.8, 4) is 5.75 Å². The molecular formula is C21H31IN4OS. The number of methoxy groups -OCH3 is 1. The molecule has 1 aliphatic heterocycles. The van der Waals surface area contributed by atoms with E-state index >= 15 is 0 Å². The first kappa shape index (κ1) is 22.8. The predicted octanol–water partition coefficient (Wildman–Crippen LogP) is 4.00. The average Bonchev–Trinajstić information content (AvgIpc) is 3.38. The van der Waals surface area contributed by atoms with E-state index in [0.717, 1.165) is 57.3 Å². The summed E-state index contributed by atoms with van der Waals surface area (Å²) in [6.07, 6.45) is 2.20. The van der Waals surface area contributed by atoms with Crippen molar-refractivity contribution >= 4 is 47.0 Å². The Hall–Kier alpha value is -1.48. The van der Waals surface area contributed by atoms with Crippen LogP contribution in [0.25, 0.3) is 0 Å². The predicted molar refractivity (Wildman–Crippen MR) is 131 cm³/mol.